The monoisotopic (exact) mass is 159 g/mol. The number of hydrogen-bond acceptors (Lipinski definition) is 3. The minimum absolute atomic E-state index is 0.0995. The van der Waals surface area contributed by atoms with Crippen molar-refractivity contribution in [3.8, 4) is 0 Å². The Bertz CT molecular complexity index is 152. The Balaban J connectivity index is 2.49. The van der Waals surface area contributed by atoms with Gasteiger partial charge in [0.25, 0.3) is 5.91 Å². The first kappa shape index (κ1) is 8.49. The van der Waals surface area contributed by atoms with Gasteiger partial charge < -0.3 is 4.74 Å². The van der Waals surface area contributed by atoms with Crippen LogP contribution in [-0.4, -0.2) is 26.2 Å². The van der Waals surface area contributed by atoms with Gasteiger partial charge in [-0.3, -0.25) is 9.63 Å². The van der Waals surface area contributed by atoms with Crippen molar-refractivity contribution in [3.63, 3.8) is 0 Å². The van der Waals surface area contributed by atoms with Gasteiger partial charge in [0.15, 0.2) is 0 Å². The Morgan fingerprint density at radius 3 is 2.91 bits per heavy atom. The van der Waals surface area contributed by atoms with E-state index in [9.17, 15) is 4.79 Å². The van der Waals surface area contributed by atoms with E-state index in [2.05, 4.69) is 10.3 Å². The Morgan fingerprint density at radius 1 is 1.73 bits per heavy atom. The molecule has 0 aromatic rings. The van der Waals surface area contributed by atoms with Crippen molar-refractivity contribution in [1.82, 2.24) is 5.48 Å². The molecule has 0 saturated carbocycles. The summed E-state index contributed by atoms with van der Waals surface area (Å²) in [5.41, 5.74) is 1.92. The zero-order valence-corrected chi connectivity index (χ0v) is 6.85. The fourth-order valence-electron chi connectivity index (χ4n) is 1.06. The summed E-state index contributed by atoms with van der Waals surface area (Å²) in [5, 5.41) is 0. The minimum Gasteiger partial charge on any atom is -0.380 e. The first-order valence-electron chi connectivity index (χ1n) is 3.60. The summed E-state index contributed by atoms with van der Waals surface area (Å²) >= 11 is 0. The Kier molecular flexibility index (Phi) is 2.46. The fourth-order valence-corrected chi connectivity index (χ4v) is 1.06. The first-order chi connectivity index (χ1) is 5.19. The number of amides is 1. The molecule has 1 rings (SSSR count). The Morgan fingerprint density at radius 2 is 2.45 bits per heavy atom. The maximum atomic E-state index is 11.3. The zero-order valence-electron chi connectivity index (χ0n) is 6.85. The molecule has 0 bridgehead atoms. The van der Waals surface area contributed by atoms with Crippen LogP contribution in [0, 0.1) is 5.41 Å². The van der Waals surface area contributed by atoms with Gasteiger partial charge >= 0.3 is 0 Å². The van der Waals surface area contributed by atoms with Gasteiger partial charge in [-0.2, -0.15) is 0 Å². The average Bonchev–Trinajstić information content (AvgIpc) is 2.38. The van der Waals surface area contributed by atoms with Crippen LogP contribution in [0.5, 0.6) is 0 Å². The van der Waals surface area contributed by atoms with E-state index in [1.807, 2.05) is 6.92 Å². The van der Waals surface area contributed by atoms with Crippen LogP contribution in [0.25, 0.3) is 0 Å². The zero-order chi connectivity index (χ0) is 8.32. The number of carbonyl (C=O) groups excluding carboxylic acids is 1. The molecule has 1 saturated heterocycles. The third kappa shape index (κ3) is 1.70. The maximum absolute atomic E-state index is 11.3. The summed E-state index contributed by atoms with van der Waals surface area (Å²) in [6, 6.07) is 0. The summed E-state index contributed by atoms with van der Waals surface area (Å²) < 4.78 is 5.11. The molecule has 4 heteroatoms. The number of ether oxygens (including phenoxy) is 1. The lowest BCUT2D eigenvalue weighted by atomic mass is 9.89. The SMILES string of the molecule is CONC(=O)C1(C)CCOC1. The quantitative estimate of drug-likeness (QED) is 0.581. The van der Waals surface area contributed by atoms with Gasteiger partial charge in [-0.1, -0.05) is 0 Å². The topological polar surface area (TPSA) is 47.6 Å². The third-order valence-corrected chi connectivity index (χ3v) is 1.96. The van der Waals surface area contributed by atoms with Crippen LogP contribution in [0.1, 0.15) is 13.3 Å². The largest absolute Gasteiger partial charge is 0.380 e. The summed E-state index contributed by atoms with van der Waals surface area (Å²) in [6.07, 6.45) is 0.766. The van der Waals surface area contributed by atoms with Crippen molar-refractivity contribution < 1.29 is 14.4 Å². The van der Waals surface area contributed by atoms with Crippen molar-refractivity contribution in [2.24, 2.45) is 5.41 Å². The highest BCUT2D eigenvalue weighted by Crippen LogP contribution is 2.27. The van der Waals surface area contributed by atoms with E-state index in [4.69, 9.17) is 4.74 Å². The van der Waals surface area contributed by atoms with Gasteiger partial charge in [0.2, 0.25) is 0 Å². The van der Waals surface area contributed by atoms with Crippen LogP contribution in [-0.2, 0) is 14.4 Å². The van der Waals surface area contributed by atoms with Gasteiger partial charge in [0.1, 0.15) is 0 Å². The van der Waals surface area contributed by atoms with Gasteiger partial charge in [-0.05, 0) is 13.3 Å². The number of hydroxylamine groups is 1. The molecule has 0 aromatic carbocycles. The van der Waals surface area contributed by atoms with E-state index in [-0.39, 0.29) is 5.91 Å². The second-order valence-corrected chi connectivity index (χ2v) is 3.00. The van der Waals surface area contributed by atoms with Crippen LogP contribution < -0.4 is 5.48 Å². The number of rotatable bonds is 2. The molecule has 1 amide bonds. The minimum atomic E-state index is -0.393. The lowest BCUT2D eigenvalue weighted by Gasteiger charge is -2.18. The lowest BCUT2D eigenvalue weighted by molar-refractivity contribution is -0.141. The van der Waals surface area contributed by atoms with Gasteiger partial charge in [0.05, 0.1) is 19.1 Å². The number of hydrogen-bond donors (Lipinski definition) is 1. The Labute approximate surface area is 65.8 Å². The molecule has 1 unspecified atom stereocenters. The smallest absolute Gasteiger partial charge is 0.251 e. The normalized spacial score (nSPS) is 30.4. The van der Waals surface area contributed by atoms with Gasteiger partial charge in [0, 0.05) is 6.61 Å². The van der Waals surface area contributed by atoms with Crippen LogP contribution in [0.15, 0.2) is 0 Å². The van der Waals surface area contributed by atoms with Crippen molar-refractivity contribution in [3.05, 3.63) is 0 Å². The van der Waals surface area contributed by atoms with Crippen LogP contribution >= 0.6 is 0 Å². The fraction of sp³-hybridized carbons (Fsp3) is 0.857. The summed E-state index contributed by atoms with van der Waals surface area (Å²) in [6.45, 7) is 3.02. The molecule has 1 atom stereocenters. The molecule has 0 aliphatic carbocycles. The first-order valence-corrected chi connectivity index (χ1v) is 3.60. The van der Waals surface area contributed by atoms with Crippen LogP contribution in [0.2, 0.25) is 0 Å². The molecule has 1 N–H and O–H groups in total. The second kappa shape index (κ2) is 3.19. The van der Waals surface area contributed by atoms with E-state index in [0.29, 0.717) is 13.2 Å². The second-order valence-electron chi connectivity index (χ2n) is 3.00. The van der Waals surface area contributed by atoms with E-state index in [1.54, 1.807) is 0 Å². The third-order valence-electron chi connectivity index (χ3n) is 1.96. The highest BCUT2D eigenvalue weighted by Gasteiger charge is 2.37. The van der Waals surface area contributed by atoms with E-state index >= 15 is 0 Å². The summed E-state index contributed by atoms with van der Waals surface area (Å²) in [7, 11) is 1.43. The van der Waals surface area contributed by atoms with Crippen LogP contribution in [0.3, 0.4) is 0 Å². The van der Waals surface area contributed by atoms with Crippen molar-refractivity contribution >= 4 is 5.91 Å². The van der Waals surface area contributed by atoms with Crippen molar-refractivity contribution in [2.75, 3.05) is 20.3 Å². The molecule has 1 heterocycles. The average molecular weight is 159 g/mol. The lowest BCUT2D eigenvalue weighted by Crippen LogP contribution is -2.38. The standard InChI is InChI=1S/C7H13NO3/c1-7(3-4-11-5-7)6(9)8-10-2/h3-5H2,1-2H3,(H,8,9). The predicted octanol–water partition coefficient (Wildman–Crippen LogP) is 0.0906. The highest BCUT2D eigenvalue weighted by molar-refractivity contribution is 5.81. The predicted molar refractivity (Wildman–Crippen MR) is 38.7 cm³/mol. The molecule has 11 heavy (non-hydrogen) atoms. The molecular formula is C7H13NO3. The maximum Gasteiger partial charge on any atom is 0.251 e. The van der Waals surface area contributed by atoms with Crippen LogP contribution in [0.4, 0.5) is 0 Å². The van der Waals surface area contributed by atoms with Gasteiger partial charge in [-0.15, -0.1) is 0 Å². The molecule has 1 aliphatic heterocycles. The molecule has 0 aromatic heterocycles. The van der Waals surface area contributed by atoms with Crippen molar-refractivity contribution in [2.45, 2.75) is 13.3 Å². The number of nitrogens with one attached hydrogen (secondary N) is 1. The van der Waals surface area contributed by atoms with E-state index in [1.165, 1.54) is 7.11 Å². The molecule has 0 spiro atoms. The molecule has 64 valence electrons. The molecule has 0 radical (unpaired) electrons. The summed E-state index contributed by atoms with van der Waals surface area (Å²) in [5.74, 6) is -0.0995. The Hall–Kier alpha value is -0.610. The summed E-state index contributed by atoms with van der Waals surface area (Å²) in [4.78, 5) is 15.8. The molecular weight excluding hydrogens is 146 g/mol. The molecule has 1 fully saturated rings. The number of carbonyl (C=O) groups is 1. The van der Waals surface area contributed by atoms with E-state index < -0.39 is 5.41 Å². The van der Waals surface area contributed by atoms with Crippen molar-refractivity contribution in [1.29, 1.82) is 0 Å². The molecule has 1 aliphatic rings. The highest BCUT2D eigenvalue weighted by atomic mass is 16.6. The van der Waals surface area contributed by atoms with E-state index in [0.717, 1.165) is 6.42 Å². The molecule has 4 nitrogen and oxygen atoms in total. The van der Waals surface area contributed by atoms with Gasteiger partial charge in [-0.25, -0.2) is 5.48 Å².